The molecule has 1 unspecified atom stereocenters. The number of fused-ring (bicyclic) bond motifs is 1. The van der Waals surface area contributed by atoms with Crippen LogP contribution in [0.15, 0.2) is 84.9 Å². The second-order valence-electron chi connectivity index (χ2n) is 8.07. The average molecular weight is 427 g/mol. The van der Waals surface area contributed by atoms with Crippen molar-refractivity contribution in [2.75, 3.05) is 6.54 Å². The lowest BCUT2D eigenvalue weighted by molar-refractivity contribution is -0.121. The summed E-state index contributed by atoms with van der Waals surface area (Å²) in [5.41, 5.74) is 3.14. The van der Waals surface area contributed by atoms with E-state index in [4.69, 9.17) is 0 Å². The van der Waals surface area contributed by atoms with E-state index in [9.17, 15) is 14.4 Å². The summed E-state index contributed by atoms with van der Waals surface area (Å²) in [5.74, 6) is -0.635. The molecule has 0 spiro atoms. The fourth-order valence-electron chi connectivity index (χ4n) is 4.34. The van der Waals surface area contributed by atoms with Gasteiger partial charge in [0.05, 0.1) is 11.1 Å². The molecule has 5 nitrogen and oxygen atoms in total. The number of rotatable bonds is 8. The summed E-state index contributed by atoms with van der Waals surface area (Å²) in [5, 5.41) is 3.11. The van der Waals surface area contributed by atoms with E-state index < -0.39 is 0 Å². The van der Waals surface area contributed by atoms with Crippen LogP contribution in [0.3, 0.4) is 0 Å². The van der Waals surface area contributed by atoms with Gasteiger partial charge in [-0.25, -0.2) is 0 Å². The summed E-state index contributed by atoms with van der Waals surface area (Å²) in [6.45, 7) is 2.24. The third-order valence-corrected chi connectivity index (χ3v) is 5.87. The maximum atomic E-state index is 12.7. The Morgan fingerprint density at radius 3 is 1.75 bits per heavy atom. The van der Waals surface area contributed by atoms with E-state index in [1.165, 1.54) is 4.90 Å². The Labute approximate surface area is 188 Å². The Hall–Kier alpha value is -3.73. The Kier molecular flexibility index (Phi) is 6.45. The van der Waals surface area contributed by atoms with E-state index in [0.29, 0.717) is 17.5 Å². The molecule has 3 amide bonds. The van der Waals surface area contributed by atoms with Gasteiger partial charge in [-0.1, -0.05) is 72.8 Å². The molecule has 0 fully saturated rings. The van der Waals surface area contributed by atoms with Crippen LogP contribution in [0.25, 0.3) is 0 Å². The van der Waals surface area contributed by atoms with Gasteiger partial charge in [-0.05, 0) is 36.6 Å². The van der Waals surface area contributed by atoms with Crippen LogP contribution in [0.1, 0.15) is 57.5 Å². The van der Waals surface area contributed by atoms with Crippen molar-refractivity contribution in [3.8, 4) is 0 Å². The smallest absolute Gasteiger partial charge is 0.261 e. The van der Waals surface area contributed by atoms with Crippen molar-refractivity contribution in [2.24, 2.45) is 0 Å². The van der Waals surface area contributed by atoms with Crippen LogP contribution in [-0.2, 0) is 4.79 Å². The molecule has 3 aromatic rings. The normalized spacial score (nSPS) is 13.9. The van der Waals surface area contributed by atoms with Gasteiger partial charge in [-0.15, -0.1) is 0 Å². The van der Waals surface area contributed by atoms with E-state index in [1.807, 2.05) is 43.3 Å². The SMILES string of the molecule is CC(NC(=O)CCCN1C(=O)c2ccccc2C1=O)C(c1ccccc1)c1ccccc1. The van der Waals surface area contributed by atoms with Gasteiger partial charge in [0.1, 0.15) is 0 Å². The van der Waals surface area contributed by atoms with Crippen molar-refractivity contribution in [1.82, 2.24) is 10.2 Å². The van der Waals surface area contributed by atoms with E-state index in [0.717, 1.165) is 11.1 Å². The molecule has 0 saturated heterocycles. The first-order valence-corrected chi connectivity index (χ1v) is 10.9. The molecular weight excluding hydrogens is 400 g/mol. The fraction of sp³-hybridized carbons (Fsp3) is 0.222. The molecular formula is C27H26N2O3. The van der Waals surface area contributed by atoms with Crippen LogP contribution in [0.4, 0.5) is 0 Å². The first-order chi connectivity index (χ1) is 15.6. The maximum Gasteiger partial charge on any atom is 0.261 e. The first kappa shape index (κ1) is 21.5. The summed E-state index contributed by atoms with van der Waals surface area (Å²) in [4.78, 5) is 38.8. The maximum absolute atomic E-state index is 12.7. The van der Waals surface area contributed by atoms with E-state index in [-0.39, 0.29) is 42.6 Å². The molecule has 0 radical (unpaired) electrons. The van der Waals surface area contributed by atoms with Gasteiger partial charge in [-0.2, -0.15) is 0 Å². The molecule has 1 aliphatic rings. The Morgan fingerprint density at radius 1 is 0.781 bits per heavy atom. The topological polar surface area (TPSA) is 66.5 Å². The van der Waals surface area contributed by atoms with Gasteiger partial charge >= 0.3 is 0 Å². The molecule has 0 saturated carbocycles. The minimum absolute atomic E-state index is 0.0255. The first-order valence-electron chi connectivity index (χ1n) is 10.9. The largest absolute Gasteiger partial charge is 0.353 e. The molecule has 0 aromatic heterocycles. The van der Waals surface area contributed by atoms with Crippen molar-refractivity contribution < 1.29 is 14.4 Å². The zero-order chi connectivity index (χ0) is 22.5. The predicted octanol–water partition coefficient (Wildman–Crippen LogP) is 4.40. The summed E-state index contributed by atoms with van der Waals surface area (Å²) >= 11 is 0. The molecule has 0 aliphatic carbocycles. The van der Waals surface area contributed by atoms with Crippen molar-refractivity contribution in [3.05, 3.63) is 107 Å². The van der Waals surface area contributed by atoms with Crippen LogP contribution >= 0.6 is 0 Å². The number of carbonyl (C=O) groups is 3. The zero-order valence-electron chi connectivity index (χ0n) is 18.0. The molecule has 1 aliphatic heterocycles. The van der Waals surface area contributed by atoms with Gasteiger partial charge < -0.3 is 5.32 Å². The van der Waals surface area contributed by atoms with Crippen molar-refractivity contribution in [2.45, 2.75) is 31.7 Å². The number of carbonyl (C=O) groups excluding carboxylic acids is 3. The van der Waals surface area contributed by atoms with Crippen LogP contribution in [0, 0.1) is 0 Å². The van der Waals surface area contributed by atoms with Crippen molar-refractivity contribution in [1.29, 1.82) is 0 Å². The molecule has 4 rings (SSSR count). The van der Waals surface area contributed by atoms with Crippen LogP contribution in [0.5, 0.6) is 0 Å². The lowest BCUT2D eigenvalue weighted by Crippen LogP contribution is -2.38. The summed E-state index contributed by atoms with van der Waals surface area (Å²) in [6.07, 6.45) is 0.666. The molecule has 162 valence electrons. The highest BCUT2D eigenvalue weighted by Gasteiger charge is 2.34. The van der Waals surface area contributed by atoms with Crippen LogP contribution < -0.4 is 5.32 Å². The third-order valence-electron chi connectivity index (χ3n) is 5.87. The van der Waals surface area contributed by atoms with Crippen LogP contribution in [-0.4, -0.2) is 35.2 Å². The standard InChI is InChI=1S/C27H26N2O3/c1-19(25(20-11-4-2-5-12-20)21-13-6-3-7-14-21)28-24(30)17-10-18-29-26(31)22-15-8-9-16-23(22)27(29)32/h2-9,11-16,19,25H,10,17-18H2,1H3,(H,28,30). The minimum atomic E-state index is -0.285. The monoisotopic (exact) mass is 426 g/mol. The number of nitrogens with zero attached hydrogens (tertiary/aromatic N) is 1. The highest BCUT2D eigenvalue weighted by atomic mass is 16.2. The molecule has 1 N–H and O–H groups in total. The van der Waals surface area contributed by atoms with Gasteiger partial charge in [0.2, 0.25) is 5.91 Å². The number of benzene rings is 3. The van der Waals surface area contributed by atoms with Crippen molar-refractivity contribution >= 4 is 17.7 Å². The van der Waals surface area contributed by atoms with Gasteiger partial charge in [0.15, 0.2) is 0 Å². The average Bonchev–Trinajstić information content (AvgIpc) is 3.06. The molecule has 0 bridgehead atoms. The van der Waals surface area contributed by atoms with E-state index in [1.54, 1.807) is 24.3 Å². The highest BCUT2D eigenvalue weighted by Crippen LogP contribution is 2.28. The second kappa shape index (κ2) is 9.60. The predicted molar refractivity (Wildman–Crippen MR) is 123 cm³/mol. The fourth-order valence-corrected chi connectivity index (χ4v) is 4.34. The zero-order valence-corrected chi connectivity index (χ0v) is 18.0. The number of hydrogen-bond acceptors (Lipinski definition) is 3. The summed E-state index contributed by atoms with van der Waals surface area (Å²) in [7, 11) is 0. The molecule has 3 aromatic carbocycles. The molecule has 1 heterocycles. The lowest BCUT2D eigenvalue weighted by atomic mass is 9.86. The van der Waals surface area contributed by atoms with E-state index >= 15 is 0 Å². The Bertz CT molecular complexity index is 1040. The number of amides is 3. The quantitative estimate of drug-likeness (QED) is 0.543. The van der Waals surface area contributed by atoms with E-state index in [2.05, 4.69) is 29.6 Å². The second-order valence-corrected chi connectivity index (χ2v) is 8.07. The number of hydrogen-bond donors (Lipinski definition) is 1. The van der Waals surface area contributed by atoms with Crippen LogP contribution in [0.2, 0.25) is 0 Å². The number of nitrogens with one attached hydrogen (secondary N) is 1. The van der Waals surface area contributed by atoms with Gasteiger partial charge in [0, 0.05) is 24.9 Å². The Balaban J connectivity index is 1.36. The Morgan fingerprint density at radius 2 is 1.25 bits per heavy atom. The van der Waals surface area contributed by atoms with Gasteiger partial charge in [0.25, 0.3) is 11.8 Å². The van der Waals surface area contributed by atoms with Crippen molar-refractivity contribution in [3.63, 3.8) is 0 Å². The molecule has 1 atom stereocenters. The summed E-state index contributed by atoms with van der Waals surface area (Å²) in [6, 6.07) is 27.0. The third kappa shape index (κ3) is 4.47. The molecule has 32 heavy (non-hydrogen) atoms. The minimum Gasteiger partial charge on any atom is -0.353 e. The molecule has 5 heteroatoms. The van der Waals surface area contributed by atoms with Gasteiger partial charge in [-0.3, -0.25) is 19.3 Å². The summed E-state index contributed by atoms with van der Waals surface area (Å²) < 4.78 is 0. The lowest BCUT2D eigenvalue weighted by Gasteiger charge is -2.26. The number of imide groups is 1. The highest BCUT2D eigenvalue weighted by molar-refractivity contribution is 6.21.